The molecule has 1 N–H and O–H groups in total. The molecule has 4 heteroatoms. The van der Waals surface area contributed by atoms with Crippen LogP contribution in [0.1, 0.15) is 65.7 Å². The molecule has 0 spiro atoms. The minimum absolute atomic E-state index is 0.379. The zero-order valence-corrected chi connectivity index (χ0v) is 12.3. The van der Waals surface area contributed by atoms with E-state index in [1.165, 1.54) is 25.7 Å². The molecule has 0 unspecified atom stereocenters. The van der Waals surface area contributed by atoms with E-state index in [0.29, 0.717) is 6.42 Å². The van der Waals surface area contributed by atoms with Crippen molar-refractivity contribution in [2.75, 3.05) is 0 Å². The van der Waals surface area contributed by atoms with Crippen molar-refractivity contribution in [3.63, 3.8) is 0 Å². The molecule has 1 fully saturated rings. The molecule has 0 radical (unpaired) electrons. The third-order valence-corrected chi connectivity index (χ3v) is 4.04. The number of hydrogen-bond acceptors (Lipinski definition) is 3. The smallest absolute Gasteiger partial charge is 0.312 e. The summed E-state index contributed by atoms with van der Waals surface area (Å²) < 4.78 is 5.26. The lowest BCUT2D eigenvalue weighted by molar-refractivity contribution is -0.149. The molecule has 1 aliphatic heterocycles. The van der Waals surface area contributed by atoms with Crippen molar-refractivity contribution in [1.29, 1.82) is 0 Å². The average Bonchev–Trinajstić information content (AvgIpc) is 2.54. The van der Waals surface area contributed by atoms with Crippen molar-refractivity contribution < 1.29 is 19.4 Å². The first-order valence-electron chi connectivity index (χ1n) is 7.35. The number of aliphatic carboxylic acids is 1. The Balaban J connectivity index is 2.41. The van der Waals surface area contributed by atoms with Gasteiger partial charge in [-0.15, -0.1) is 0 Å². The summed E-state index contributed by atoms with van der Waals surface area (Å²) in [4.78, 5) is 23.0. The van der Waals surface area contributed by atoms with Crippen LogP contribution in [0.4, 0.5) is 0 Å². The molecule has 0 aromatic rings. The maximum atomic E-state index is 11.7. The number of carbonyl (C=O) groups is 2. The predicted molar refractivity (Wildman–Crippen MR) is 72.8 cm³/mol. The van der Waals surface area contributed by atoms with Crippen molar-refractivity contribution in [1.82, 2.24) is 0 Å². The Morgan fingerprint density at radius 2 is 1.79 bits per heavy atom. The zero-order valence-electron chi connectivity index (χ0n) is 12.3. The van der Waals surface area contributed by atoms with Crippen molar-refractivity contribution in [2.45, 2.75) is 71.8 Å². The maximum Gasteiger partial charge on any atom is 0.312 e. The number of carbonyl (C=O) groups excluding carboxylic acids is 1. The normalized spacial score (nSPS) is 25.3. The summed E-state index contributed by atoms with van der Waals surface area (Å²) in [5.74, 6) is -2.02. The Bertz CT molecular complexity index is 322. The predicted octanol–water partition coefficient (Wildman–Crippen LogP) is 3.39. The van der Waals surface area contributed by atoms with Gasteiger partial charge in [0.2, 0.25) is 0 Å². The fourth-order valence-corrected chi connectivity index (χ4v) is 2.77. The van der Waals surface area contributed by atoms with Gasteiger partial charge in [-0.1, -0.05) is 39.0 Å². The highest BCUT2D eigenvalue weighted by molar-refractivity contribution is 5.87. The average molecular weight is 270 g/mol. The standard InChI is InChI=1S/C15H26O4/c1-4-5-6-7-8-9-10-11-12(13(16)17)15(2,3)14(18)19-11/h11-12H,4-10H2,1-3H3,(H,16,17)/t11-,12+/m1/s1. The van der Waals surface area contributed by atoms with Gasteiger partial charge in [0.1, 0.15) is 12.0 Å². The lowest BCUT2D eigenvalue weighted by Crippen LogP contribution is -2.35. The van der Waals surface area contributed by atoms with Gasteiger partial charge in [0.05, 0.1) is 5.41 Å². The summed E-state index contributed by atoms with van der Waals surface area (Å²) in [7, 11) is 0. The maximum absolute atomic E-state index is 11.7. The van der Waals surface area contributed by atoms with Crippen LogP contribution in [0, 0.1) is 11.3 Å². The molecule has 0 bridgehead atoms. The molecule has 19 heavy (non-hydrogen) atoms. The van der Waals surface area contributed by atoms with Crippen LogP contribution in [0.5, 0.6) is 0 Å². The second kappa shape index (κ2) is 6.92. The van der Waals surface area contributed by atoms with Gasteiger partial charge in [0, 0.05) is 0 Å². The van der Waals surface area contributed by atoms with Gasteiger partial charge in [-0.05, 0) is 26.7 Å². The van der Waals surface area contributed by atoms with Gasteiger partial charge >= 0.3 is 11.9 Å². The fraction of sp³-hybridized carbons (Fsp3) is 0.867. The molecule has 0 saturated carbocycles. The van der Waals surface area contributed by atoms with Gasteiger partial charge in [0.25, 0.3) is 0 Å². The molecular formula is C15H26O4. The van der Waals surface area contributed by atoms with Crippen LogP contribution in [0.15, 0.2) is 0 Å². The van der Waals surface area contributed by atoms with E-state index in [9.17, 15) is 14.7 Å². The Morgan fingerprint density at radius 3 is 2.37 bits per heavy atom. The van der Waals surface area contributed by atoms with E-state index < -0.39 is 23.4 Å². The molecule has 1 rings (SSSR count). The Hall–Kier alpha value is -1.06. The van der Waals surface area contributed by atoms with Crippen molar-refractivity contribution in [2.24, 2.45) is 11.3 Å². The Kier molecular flexibility index (Phi) is 5.83. The summed E-state index contributed by atoms with van der Waals surface area (Å²) in [5, 5.41) is 9.28. The number of cyclic esters (lactones) is 1. The van der Waals surface area contributed by atoms with Crippen LogP contribution in [-0.4, -0.2) is 23.1 Å². The molecule has 0 aromatic carbocycles. The molecule has 1 saturated heterocycles. The monoisotopic (exact) mass is 270 g/mol. The first kappa shape index (κ1) is 16.0. The van der Waals surface area contributed by atoms with Gasteiger partial charge in [-0.3, -0.25) is 9.59 Å². The molecule has 0 aromatic heterocycles. The van der Waals surface area contributed by atoms with E-state index in [1.54, 1.807) is 13.8 Å². The summed E-state index contributed by atoms with van der Waals surface area (Å²) in [5.41, 5.74) is -0.904. The van der Waals surface area contributed by atoms with Crippen molar-refractivity contribution in [3.8, 4) is 0 Å². The molecule has 110 valence electrons. The SMILES string of the molecule is CCCCCCCC[C@H]1OC(=O)C(C)(C)[C@@H]1C(=O)O. The minimum Gasteiger partial charge on any atom is -0.481 e. The van der Waals surface area contributed by atoms with E-state index >= 15 is 0 Å². The highest BCUT2D eigenvalue weighted by Gasteiger charge is 2.54. The van der Waals surface area contributed by atoms with Crippen LogP contribution in [0.3, 0.4) is 0 Å². The highest BCUT2D eigenvalue weighted by Crippen LogP contribution is 2.41. The number of carboxylic acid groups (broad SMARTS) is 1. The summed E-state index contributed by atoms with van der Waals surface area (Å²) >= 11 is 0. The molecule has 1 heterocycles. The minimum atomic E-state index is -0.924. The van der Waals surface area contributed by atoms with Crippen molar-refractivity contribution in [3.05, 3.63) is 0 Å². The number of hydrogen-bond donors (Lipinski definition) is 1. The van der Waals surface area contributed by atoms with E-state index in [2.05, 4.69) is 6.92 Å². The highest BCUT2D eigenvalue weighted by atomic mass is 16.6. The van der Waals surface area contributed by atoms with Crippen LogP contribution in [0.25, 0.3) is 0 Å². The molecule has 4 nitrogen and oxygen atoms in total. The number of rotatable bonds is 8. The third kappa shape index (κ3) is 3.95. The quantitative estimate of drug-likeness (QED) is 0.542. The van der Waals surface area contributed by atoms with Gasteiger partial charge < -0.3 is 9.84 Å². The molecule has 0 aliphatic carbocycles. The summed E-state index contributed by atoms with van der Waals surface area (Å²) in [6.07, 6.45) is 7.11. The van der Waals surface area contributed by atoms with Crippen LogP contribution in [-0.2, 0) is 14.3 Å². The van der Waals surface area contributed by atoms with Gasteiger partial charge in [-0.2, -0.15) is 0 Å². The number of unbranched alkanes of at least 4 members (excludes halogenated alkanes) is 5. The summed E-state index contributed by atoms with van der Waals surface area (Å²) in [6, 6.07) is 0. The Morgan fingerprint density at radius 1 is 1.21 bits per heavy atom. The van der Waals surface area contributed by atoms with Crippen LogP contribution < -0.4 is 0 Å². The van der Waals surface area contributed by atoms with E-state index in [0.717, 1.165) is 12.8 Å². The lowest BCUT2D eigenvalue weighted by atomic mass is 9.77. The first-order valence-corrected chi connectivity index (χ1v) is 7.35. The molecule has 2 atom stereocenters. The van der Waals surface area contributed by atoms with Crippen molar-refractivity contribution >= 4 is 11.9 Å². The second-order valence-corrected chi connectivity index (χ2v) is 6.04. The second-order valence-electron chi connectivity index (χ2n) is 6.04. The summed E-state index contributed by atoms with van der Waals surface area (Å²) in [6.45, 7) is 5.50. The lowest BCUT2D eigenvalue weighted by Gasteiger charge is -2.20. The van der Waals surface area contributed by atoms with Gasteiger partial charge in [-0.25, -0.2) is 0 Å². The number of esters is 1. The van der Waals surface area contributed by atoms with Crippen LogP contribution >= 0.6 is 0 Å². The molecular weight excluding hydrogens is 244 g/mol. The van der Waals surface area contributed by atoms with Crippen LogP contribution in [0.2, 0.25) is 0 Å². The Labute approximate surface area is 115 Å². The van der Waals surface area contributed by atoms with E-state index in [4.69, 9.17) is 4.74 Å². The van der Waals surface area contributed by atoms with E-state index in [-0.39, 0.29) is 5.97 Å². The molecule has 1 aliphatic rings. The fourth-order valence-electron chi connectivity index (χ4n) is 2.77. The van der Waals surface area contributed by atoms with E-state index in [1.807, 2.05) is 0 Å². The first-order chi connectivity index (χ1) is 8.91. The number of ether oxygens (including phenoxy) is 1. The molecule has 0 amide bonds. The number of carboxylic acids is 1. The topological polar surface area (TPSA) is 63.6 Å². The zero-order chi connectivity index (χ0) is 14.5. The largest absolute Gasteiger partial charge is 0.481 e. The third-order valence-electron chi connectivity index (χ3n) is 4.04. The van der Waals surface area contributed by atoms with Gasteiger partial charge in [0.15, 0.2) is 0 Å².